The first-order valence-electron chi connectivity index (χ1n) is 7.35. The molecule has 0 aromatic heterocycles. The first-order chi connectivity index (χ1) is 9.66. The van der Waals surface area contributed by atoms with Gasteiger partial charge in [-0.2, -0.15) is 0 Å². The predicted octanol–water partition coefficient (Wildman–Crippen LogP) is 3.54. The van der Waals surface area contributed by atoms with Crippen molar-refractivity contribution in [3.05, 3.63) is 33.8 Å². The zero-order valence-corrected chi connectivity index (χ0v) is 13.4. The lowest BCUT2D eigenvalue weighted by Crippen LogP contribution is -2.54. The smallest absolute Gasteiger partial charge is 0.254 e. The van der Waals surface area contributed by atoms with Crippen molar-refractivity contribution in [2.75, 3.05) is 13.2 Å². The molecule has 2 aliphatic rings. The highest BCUT2D eigenvalue weighted by atomic mass is 79.9. The molecule has 1 aromatic rings. The van der Waals surface area contributed by atoms with Crippen molar-refractivity contribution < 1.29 is 9.53 Å². The van der Waals surface area contributed by atoms with Gasteiger partial charge >= 0.3 is 0 Å². The molecule has 0 radical (unpaired) electrons. The van der Waals surface area contributed by atoms with Crippen LogP contribution >= 0.6 is 15.9 Å². The molecule has 1 saturated carbocycles. The Morgan fingerprint density at radius 3 is 2.95 bits per heavy atom. The molecule has 1 heterocycles. The molecule has 0 spiro atoms. The number of aryl methyl sites for hydroxylation is 1. The normalized spacial score (nSPS) is 26.2. The Labute approximate surface area is 128 Å². The first-order valence-corrected chi connectivity index (χ1v) is 8.15. The van der Waals surface area contributed by atoms with Gasteiger partial charge in [-0.3, -0.25) is 4.79 Å². The fourth-order valence-electron chi connectivity index (χ4n) is 3.29. The molecule has 20 heavy (non-hydrogen) atoms. The maximum atomic E-state index is 12.8. The van der Waals surface area contributed by atoms with Gasteiger partial charge in [-0.15, -0.1) is 0 Å². The maximum Gasteiger partial charge on any atom is 0.254 e. The molecule has 3 nitrogen and oxygen atoms in total. The Bertz CT molecular complexity index is 515. The lowest BCUT2D eigenvalue weighted by molar-refractivity contribution is -0.0752. The van der Waals surface area contributed by atoms with Crippen LogP contribution in [0.1, 0.15) is 41.6 Å². The van der Waals surface area contributed by atoms with Crippen LogP contribution in [-0.2, 0) is 4.74 Å². The van der Waals surface area contributed by atoms with E-state index < -0.39 is 0 Å². The van der Waals surface area contributed by atoms with Crippen LogP contribution in [-0.4, -0.2) is 36.1 Å². The van der Waals surface area contributed by atoms with Gasteiger partial charge in [0, 0.05) is 16.6 Å². The second kappa shape index (κ2) is 5.86. The number of rotatable bonds is 1. The third-order valence-electron chi connectivity index (χ3n) is 4.40. The van der Waals surface area contributed by atoms with Gasteiger partial charge in [0.15, 0.2) is 0 Å². The summed E-state index contributed by atoms with van der Waals surface area (Å²) in [6, 6.07) is 6.11. The third-order valence-corrected chi connectivity index (χ3v) is 5.29. The van der Waals surface area contributed by atoms with Crippen molar-refractivity contribution in [1.82, 2.24) is 4.90 Å². The molecule has 2 unspecified atom stereocenters. The van der Waals surface area contributed by atoms with E-state index in [1.54, 1.807) is 0 Å². The van der Waals surface area contributed by atoms with Crippen molar-refractivity contribution in [3.63, 3.8) is 0 Å². The fourth-order valence-corrected chi connectivity index (χ4v) is 3.54. The van der Waals surface area contributed by atoms with Crippen molar-refractivity contribution in [1.29, 1.82) is 0 Å². The van der Waals surface area contributed by atoms with Crippen LogP contribution in [0, 0.1) is 6.92 Å². The highest BCUT2D eigenvalue weighted by Crippen LogP contribution is 2.30. The summed E-state index contributed by atoms with van der Waals surface area (Å²) in [5.41, 5.74) is 1.89. The minimum atomic E-state index is 0.154. The Morgan fingerprint density at radius 2 is 2.15 bits per heavy atom. The van der Waals surface area contributed by atoms with E-state index >= 15 is 0 Å². The molecule has 0 N–H and O–H groups in total. The standard InChI is InChI=1S/C16H20BrNO2/c1-11-10-12(6-7-13(11)17)16(19)18-8-9-20-15-5-3-2-4-14(15)18/h6-7,10,14-15H,2-5,8-9H2,1H3. The zero-order chi connectivity index (χ0) is 14.1. The summed E-state index contributed by atoms with van der Waals surface area (Å²) < 4.78 is 6.89. The predicted molar refractivity (Wildman–Crippen MR) is 81.9 cm³/mol. The number of morpholine rings is 1. The van der Waals surface area contributed by atoms with Gasteiger partial charge in [0.25, 0.3) is 5.91 Å². The molecule has 0 bridgehead atoms. The molecule has 4 heteroatoms. The number of carbonyl (C=O) groups is 1. The number of carbonyl (C=O) groups excluding carboxylic acids is 1. The molecule has 3 rings (SSSR count). The molecule has 1 amide bonds. The van der Waals surface area contributed by atoms with Crippen molar-refractivity contribution in [3.8, 4) is 0 Å². The average Bonchev–Trinajstić information content (AvgIpc) is 2.49. The minimum Gasteiger partial charge on any atom is -0.374 e. The van der Waals surface area contributed by atoms with Crippen LogP contribution in [0.15, 0.2) is 22.7 Å². The number of fused-ring (bicyclic) bond motifs is 1. The third kappa shape index (κ3) is 2.63. The number of nitrogens with zero attached hydrogens (tertiary/aromatic N) is 1. The Hall–Kier alpha value is -0.870. The summed E-state index contributed by atoms with van der Waals surface area (Å²) in [6.45, 7) is 3.40. The van der Waals surface area contributed by atoms with Gasteiger partial charge in [0.2, 0.25) is 0 Å². The van der Waals surface area contributed by atoms with E-state index in [-0.39, 0.29) is 18.1 Å². The molecule has 1 aromatic carbocycles. The van der Waals surface area contributed by atoms with Crippen molar-refractivity contribution in [2.45, 2.75) is 44.8 Å². The van der Waals surface area contributed by atoms with E-state index in [0.717, 1.165) is 35.0 Å². The SMILES string of the molecule is Cc1cc(C(=O)N2CCOC3CCCCC32)ccc1Br. The van der Waals surface area contributed by atoms with Crippen molar-refractivity contribution in [2.24, 2.45) is 0 Å². The number of benzene rings is 1. The number of ether oxygens (including phenoxy) is 1. The summed E-state index contributed by atoms with van der Waals surface area (Å²) in [5.74, 6) is 0.154. The van der Waals surface area contributed by atoms with Gasteiger partial charge in [0.1, 0.15) is 0 Å². The van der Waals surface area contributed by atoms with Crippen LogP contribution in [0.2, 0.25) is 0 Å². The zero-order valence-electron chi connectivity index (χ0n) is 11.8. The van der Waals surface area contributed by atoms with E-state index in [2.05, 4.69) is 15.9 Å². The van der Waals surface area contributed by atoms with Crippen molar-refractivity contribution >= 4 is 21.8 Å². The molecule has 2 fully saturated rings. The molecular formula is C16H20BrNO2. The quantitative estimate of drug-likeness (QED) is 0.784. The van der Waals surface area contributed by atoms with Crippen LogP contribution < -0.4 is 0 Å². The fraction of sp³-hybridized carbons (Fsp3) is 0.562. The highest BCUT2D eigenvalue weighted by Gasteiger charge is 2.36. The van der Waals surface area contributed by atoms with Crippen LogP contribution in [0.25, 0.3) is 0 Å². The lowest BCUT2D eigenvalue weighted by atomic mass is 9.89. The molecule has 108 valence electrons. The molecule has 1 saturated heterocycles. The summed E-state index contributed by atoms with van der Waals surface area (Å²) >= 11 is 3.49. The first kappa shape index (κ1) is 14.1. The number of amides is 1. The Balaban J connectivity index is 1.83. The molecular weight excluding hydrogens is 318 g/mol. The van der Waals surface area contributed by atoms with Gasteiger partial charge < -0.3 is 9.64 Å². The van der Waals surface area contributed by atoms with Crippen LogP contribution in [0.4, 0.5) is 0 Å². The van der Waals surface area contributed by atoms with Gasteiger partial charge in [0.05, 0.1) is 18.8 Å². The van der Waals surface area contributed by atoms with E-state index in [9.17, 15) is 4.79 Å². The van der Waals surface area contributed by atoms with E-state index in [1.807, 2.05) is 30.0 Å². The van der Waals surface area contributed by atoms with E-state index in [1.165, 1.54) is 12.8 Å². The summed E-state index contributed by atoms with van der Waals surface area (Å²) in [5, 5.41) is 0. The average molecular weight is 338 g/mol. The molecule has 2 atom stereocenters. The second-order valence-corrected chi connectivity index (χ2v) is 6.58. The summed E-state index contributed by atoms with van der Waals surface area (Å²) in [4.78, 5) is 14.8. The number of hydrogen-bond donors (Lipinski definition) is 0. The highest BCUT2D eigenvalue weighted by molar-refractivity contribution is 9.10. The molecule has 1 aliphatic heterocycles. The van der Waals surface area contributed by atoms with Crippen LogP contribution in [0.3, 0.4) is 0 Å². The van der Waals surface area contributed by atoms with Gasteiger partial charge in [-0.1, -0.05) is 28.8 Å². The monoisotopic (exact) mass is 337 g/mol. The Kier molecular flexibility index (Phi) is 4.13. The number of hydrogen-bond acceptors (Lipinski definition) is 2. The summed E-state index contributed by atoms with van der Waals surface area (Å²) in [7, 11) is 0. The minimum absolute atomic E-state index is 0.154. The van der Waals surface area contributed by atoms with Gasteiger partial charge in [-0.05, 0) is 43.5 Å². The maximum absolute atomic E-state index is 12.8. The van der Waals surface area contributed by atoms with Gasteiger partial charge in [-0.25, -0.2) is 0 Å². The molecule has 1 aliphatic carbocycles. The Morgan fingerprint density at radius 1 is 1.35 bits per heavy atom. The van der Waals surface area contributed by atoms with Crippen LogP contribution in [0.5, 0.6) is 0 Å². The lowest BCUT2D eigenvalue weighted by Gasteiger charge is -2.43. The number of halogens is 1. The largest absolute Gasteiger partial charge is 0.374 e. The van der Waals surface area contributed by atoms with E-state index in [0.29, 0.717) is 6.61 Å². The second-order valence-electron chi connectivity index (χ2n) is 5.72. The summed E-state index contributed by atoms with van der Waals surface area (Å²) in [6.07, 6.45) is 4.84. The topological polar surface area (TPSA) is 29.5 Å². The van der Waals surface area contributed by atoms with E-state index in [4.69, 9.17) is 4.74 Å².